The van der Waals surface area contributed by atoms with Crippen molar-refractivity contribution in [2.24, 2.45) is 5.92 Å². The van der Waals surface area contributed by atoms with Crippen LogP contribution in [0.25, 0.3) is 0 Å². The second kappa shape index (κ2) is 5.64. The lowest BCUT2D eigenvalue weighted by Gasteiger charge is -2.19. The standard InChI is InChI=1S/C11H17FN2O3S/c1-7(6-15)8(2)14-18(16,17)11-5-9(13)3-4-10(11)12/h3-5,7-8,14-15H,6,13H2,1-2H3. The molecule has 2 atom stereocenters. The van der Waals surface area contributed by atoms with Crippen LogP contribution in [0.5, 0.6) is 0 Å². The van der Waals surface area contributed by atoms with Gasteiger partial charge in [0.25, 0.3) is 0 Å². The highest BCUT2D eigenvalue weighted by Gasteiger charge is 2.23. The van der Waals surface area contributed by atoms with Gasteiger partial charge in [0.1, 0.15) is 10.7 Å². The Morgan fingerprint density at radius 2 is 2.06 bits per heavy atom. The molecule has 1 rings (SSSR count). The normalized spacial score (nSPS) is 15.3. The van der Waals surface area contributed by atoms with Crippen molar-refractivity contribution in [3.05, 3.63) is 24.0 Å². The molecule has 0 aliphatic heterocycles. The number of hydrogen-bond donors (Lipinski definition) is 3. The van der Waals surface area contributed by atoms with Crippen molar-refractivity contribution in [2.75, 3.05) is 12.3 Å². The van der Waals surface area contributed by atoms with Gasteiger partial charge in [0, 0.05) is 18.3 Å². The predicted molar refractivity (Wildman–Crippen MR) is 66.8 cm³/mol. The number of benzene rings is 1. The van der Waals surface area contributed by atoms with Crippen molar-refractivity contribution in [3.63, 3.8) is 0 Å². The molecule has 5 nitrogen and oxygen atoms in total. The number of nitrogens with two attached hydrogens (primary N) is 1. The van der Waals surface area contributed by atoms with Crippen LogP contribution in [-0.2, 0) is 10.0 Å². The first-order chi connectivity index (χ1) is 8.27. The molecule has 0 saturated carbocycles. The van der Waals surface area contributed by atoms with E-state index < -0.39 is 26.8 Å². The van der Waals surface area contributed by atoms with Gasteiger partial charge in [0.2, 0.25) is 10.0 Å². The highest BCUT2D eigenvalue weighted by Crippen LogP contribution is 2.18. The predicted octanol–water partition coefficient (Wildman–Crippen LogP) is 0.703. The minimum atomic E-state index is -3.98. The Morgan fingerprint density at radius 1 is 1.44 bits per heavy atom. The SMILES string of the molecule is CC(CO)C(C)NS(=O)(=O)c1cc(N)ccc1F. The molecular formula is C11H17FN2O3S. The second-order valence-electron chi connectivity index (χ2n) is 4.26. The summed E-state index contributed by atoms with van der Waals surface area (Å²) in [6.07, 6.45) is 0. The quantitative estimate of drug-likeness (QED) is 0.690. The van der Waals surface area contributed by atoms with E-state index in [-0.39, 0.29) is 18.2 Å². The molecule has 0 aromatic heterocycles. The Hall–Kier alpha value is -1.18. The fraction of sp³-hybridized carbons (Fsp3) is 0.455. The zero-order valence-corrected chi connectivity index (χ0v) is 11.0. The van der Waals surface area contributed by atoms with Crippen LogP contribution in [0.1, 0.15) is 13.8 Å². The van der Waals surface area contributed by atoms with Crippen LogP contribution in [0.15, 0.2) is 23.1 Å². The molecule has 0 aliphatic carbocycles. The molecule has 4 N–H and O–H groups in total. The smallest absolute Gasteiger partial charge is 0.243 e. The summed E-state index contributed by atoms with van der Waals surface area (Å²) in [5.74, 6) is -1.13. The summed E-state index contributed by atoms with van der Waals surface area (Å²) in [6.45, 7) is 3.12. The number of nitrogens with one attached hydrogen (secondary N) is 1. The van der Waals surface area contributed by atoms with E-state index in [1.54, 1.807) is 13.8 Å². The third-order valence-corrected chi connectivity index (χ3v) is 4.30. The Balaban J connectivity index is 3.03. The zero-order chi connectivity index (χ0) is 13.9. The zero-order valence-electron chi connectivity index (χ0n) is 10.2. The molecule has 1 aromatic rings. The fourth-order valence-electron chi connectivity index (χ4n) is 1.31. The highest BCUT2D eigenvalue weighted by molar-refractivity contribution is 7.89. The minimum Gasteiger partial charge on any atom is -0.399 e. The highest BCUT2D eigenvalue weighted by atomic mass is 32.2. The molecule has 0 radical (unpaired) electrons. The minimum absolute atomic E-state index is 0.164. The van der Waals surface area contributed by atoms with Crippen LogP contribution in [0.3, 0.4) is 0 Å². The van der Waals surface area contributed by atoms with E-state index in [0.29, 0.717) is 0 Å². The summed E-state index contributed by atoms with van der Waals surface area (Å²) in [4.78, 5) is -0.487. The maximum Gasteiger partial charge on any atom is 0.243 e. The van der Waals surface area contributed by atoms with E-state index in [1.165, 1.54) is 6.07 Å². The maximum atomic E-state index is 13.5. The molecule has 0 saturated heterocycles. The molecule has 0 spiro atoms. The molecule has 0 amide bonds. The number of sulfonamides is 1. The lowest BCUT2D eigenvalue weighted by molar-refractivity contribution is 0.216. The van der Waals surface area contributed by atoms with E-state index in [1.807, 2.05) is 0 Å². The summed E-state index contributed by atoms with van der Waals surface area (Å²) in [7, 11) is -3.98. The van der Waals surface area contributed by atoms with Crippen molar-refractivity contribution in [2.45, 2.75) is 24.8 Å². The van der Waals surface area contributed by atoms with Gasteiger partial charge in [0.05, 0.1) is 0 Å². The first kappa shape index (κ1) is 14.9. The summed E-state index contributed by atoms with van der Waals surface area (Å²) in [6, 6.07) is 2.84. The molecule has 1 aromatic carbocycles. The van der Waals surface area contributed by atoms with Crippen molar-refractivity contribution < 1.29 is 17.9 Å². The molecule has 0 bridgehead atoms. The molecule has 0 heterocycles. The Bertz CT molecular complexity index is 519. The average molecular weight is 276 g/mol. The average Bonchev–Trinajstić information content (AvgIpc) is 2.30. The monoisotopic (exact) mass is 276 g/mol. The van der Waals surface area contributed by atoms with Gasteiger partial charge in [0.15, 0.2) is 0 Å². The number of aliphatic hydroxyl groups excluding tert-OH is 1. The van der Waals surface area contributed by atoms with Gasteiger partial charge in [-0.25, -0.2) is 17.5 Å². The van der Waals surface area contributed by atoms with Crippen LogP contribution in [-0.4, -0.2) is 26.2 Å². The number of nitrogen functional groups attached to an aromatic ring is 1. The maximum absolute atomic E-state index is 13.5. The van der Waals surface area contributed by atoms with Crippen molar-refractivity contribution in [1.82, 2.24) is 4.72 Å². The van der Waals surface area contributed by atoms with E-state index >= 15 is 0 Å². The number of aliphatic hydroxyl groups is 1. The van der Waals surface area contributed by atoms with Crippen molar-refractivity contribution >= 4 is 15.7 Å². The molecular weight excluding hydrogens is 259 g/mol. The molecule has 7 heteroatoms. The largest absolute Gasteiger partial charge is 0.399 e. The van der Waals surface area contributed by atoms with Crippen molar-refractivity contribution in [3.8, 4) is 0 Å². The van der Waals surface area contributed by atoms with E-state index in [2.05, 4.69) is 4.72 Å². The molecule has 2 unspecified atom stereocenters. The summed E-state index contributed by atoms with van der Waals surface area (Å²) >= 11 is 0. The number of rotatable bonds is 5. The summed E-state index contributed by atoms with van der Waals surface area (Å²) < 4.78 is 39.7. The van der Waals surface area contributed by atoms with Crippen LogP contribution < -0.4 is 10.5 Å². The summed E-state index contributed by atoms with van der Waals surface area (Å²) in [5, 5.41) is 8.94. The molecule has 0 fully saturated rings. The topological polar surface area (TPSA) is 92.4 Å². The third-order valence-electron chi connectivity index (χ3n) is 2.73. The van der Waals surface area contributed by atoms with Crippen molar-refractivity contribution in [1.29, 1.82) is 0 Å². The van der Waals surface area contributed by atoms with Crippen LogP contribution in [0.2, 0.25) is 0 Å². The lowest BCUT2D eigenvalue weighted by atomic mass is 10.1. The van der Waals surface area contributed by atoms with Gasteiger partial charge in [-0.15, -0.1) is 0 Å². The van der Waals surface area contributed by atoms with Gasteiger partial charge >= 0.3 is 0 Å². The second-order valence-corrected chi connectivity index (χ2v) is 5.94. The van der Waals surface area contributed by atoms with Gasteiger partial charge in [-0.05, 0) is 31.0 Å². The Labute approximate surface area is 106 Å². The van der Waals surface area contributed by atoms with Gasteiger partial charge in [-0.3, -0.25) is 0 Å². The first-order valence-corrected chi connectivity index (χ1v) is 6.94. The molecule has 0 aliphatic rings. The third kappa shape index (κ3) is 3.41. The number of anilines is 1. The van der Waals surface area contributed by atoms with Crippen LogP contribution in [0, 0.1) is 11.7 Å². The van der Waals surface area contributed by atoms with Gasteiger partial charge in [-0.1, -0.05) is 6.92 Å². The molecule has 102 valence electrons. The number of hydrogen-bond acceptors (Lipinski definition) is 4. The Kier molecular flexibility index (Phi) is 4.66. The van der Waals surface area contributed by atoms with E-state index in [4.69, 9.17) is 10.8 Å². The Morgan fingerprint density at radius 3 is 2.61 bits per heavy atom. The fourth-order valence-corrected chi connectivity index (χ4v) is 2.77. The van der Waals surface area contributed by atoms with Crippen LogP contribution >= 0.6 is 0 Å². The van der Waals surface area contributed by atoms with E-state index in [0.717, 1.165) is 12.1 Å². The van der Waals surface area contributed by atoms with Gasteiger partial charge in [-0.2, -0.15) is 0 Å². The molecule has 18 heavy (non-hydrogen) atoms. The van der Waals surface area contributed by atoms with Gasteiger partial charge < -0.3 is 10.8 Å². The number of halogens is 1. The van der Waals surface area contributed by atoms with Crippen LogP contribution in [0.4, 0.5) is 10.1 Å². The first-order valence-electron chi connectivity index (χ1n) is 5.46. The van der Waals surface area contributed by atoms with E-state index in [9.17, 15) is 12.8 Å². The summed E-state index contributed by atoms with van der Waals surface area (Å²) in [5.41, 5.74) is 5.61. The lowest BCUT2D eigenvalue weighted by Crippen LogP contribution is -2.38.